The summed E-state index contributed by atoms with van der Waals surface area (Å²) in [6, 6.07) is 40.4. The van der Waals surface area contributed by atoms with E-state index < -0.39 is 26.0 Å². The van der Waals surface area contributed by atoms with Crippen LogP contribution in [0.2, 0.25) is 17.3 Å². The second-order valence-corrected chi connectivity index (χ2v) is 23.9. The summed E-state index contributed by atoms with van der Waals surface area (Å²) in [5.74, 6) is 6.45. The predicted octanol–water partition coefficient (Wildman–Crippen LogP) is 11.8. The van der Waals surface area contributed by atoms with E-state index in [1.54, 1.807) is 30.3 Å². The fourth-order valence-corrected chi connectivity index (χ4v) is 9.40. The van der Waals surface area contributed by atoms with Crippen LogP contribution in [0.1, 0.15) is 39.1 Å². The van der Waals surface area contributed by atoms with Gasteiger partial charge in [-0.2, -0.15) is 0 Å². The Balaban J connectivity index is 0.000000217. The minimum Gasteiger partial charge on any atom is -0.501 e. The van der Waals surface area contributed by atoms with E-state index in [2.05, 4.69) is 51.5 Å². The van der Waals surface area contributed by atoms with Gasteiger partial charge in [0.15, 0.2) is 0 Å². The molecule has 0 saturated carbocycles. The van der Waals surface area contributed by atoms with Crippen molar-refractivity contribution < 1.29 is 32.7 Å². The SMILES string of the molecule is [2H]C(C)(C)c1cc(-c2[c-]cccc2)nc[c]1[Ge]([CH3])([CH3])[CH3].[2H]c1nc(-c2[c-]ccc3c2oc2cc4ccccc4cc23)c([2H])c(C([2H])([2H])[2H])c1-c1ccccc1.[Ir]. The van der Waals surface area contributed by atoms with Crippen molar-refractivity contribution in [3.63, 3.8) is 0 Å². The van der Waals surface area contributed by atoms with Crippen molar-refractivity contribution in [3.8, 4) is 33.6 Å². The summed E-state index contributed by atoms with van der Waals surface area (Å²) in [4.78, 5) is 9.03. The van der Waals surface area contributed by atoms with Gasteiger partial charge in [0, 0.05) is 41.3 Å². The maximum Gasteiger partial charge on any atom is 0.121 e. The second-order valence-electron chi connectivity index (χ2n) is 13.3. The summed E-state index contributed by atoms with van der Waals surface area (Å²) in [7, 11) is 0. The van der Waals surface area contributed by atoms with Crippen LogP contribution in [-0.2, 0) is 20.1 Å². The molecule has 8 rings (SSSR count). The van der Waals surface area contributed by atoms with Gasteiger partial charge in [-0.1, -0.05) is 71.6 Å². The minimum absolute atomic E-state index is 0. The molecule has 8 aromatic rings. The molecular weight excluding hydrogens is 849 g/mol. The van der Waals surface area contributed by atoms with E-state index in [0.717, 1.165) is 38.4 Å². The molecule has 3 nitrogen and oxygen atoms in total. The summed E-state index contributed by atoms with van der Waals surface area (Å²) >= 11 is -2.03. The number of fused-ring (bicyclic) bond motifs is 4. The average Bonchev–Trinajstić information content (AvgIpc) is 3.51. The van der Waals surface area contributed by atoms with Gasteiger partial charge in [-0.15, -0.1) is 18.2 Å². The van der Waals surface area contributed by atoms with E-state index in [-0.39, 0.29) is 49.1 Å². The molecule has 5 aromatic carbocycles. The summed E-state index contributed by atoms with van der Waals surface area (Å²) in [6.45, 7) is 1.30. The molecule has 0 aliphatic carbocycles. The number of nitrogens with zero attached hydrogens (tertiary/aromatic N) is 2. The van der Waals surface area contributed by atoms with E-state index in [1.165, 1.54) is 4.40 Å². The van der Waals surface area contributed by atoms with Crippen molar-refractivity contribution in [2.45, 2.75) is 43.9 Å². The Kier molecular flexibility index (Phi) is 8.43. The van der Waals surface area contributed by atoms with E-state index in [4.69, 9.17) is 12.6 Å². The fourth-order valence-electron chi connectivity index (χ4n) is 6.08. The van der Waals surface area contributed by atoms with Gasteiger partial charge in [-0.25, -0.2) is 0 Å². The van der Waals surface area contributed by atoms with Crippen LogP contribution in [0.25, 0.3) is 66.4 Å². The van der Waals surface area contributed by atoms with Gasteiger partial charge in [-0.3, -0.25) is 0 Å². The summed E-state index contributed by atoms with van der Waals surface area (Å²) < 4.78 is 58.0. The first-order valence-electron chi connectivity index (χ1n) is 19.3. The molecule has 0 atom stereocenters. The monoisotopic (exact) mass is 897 g/mol. The van der Waals surface area contributed by atoms with Gasteiger partial charge in [0.1, 0.15) is 5.58 Å². The van der Waals surface area contributed by atoms with Crippen LogP contribution in [0.3, 0.4) is 0 Å². The summed E-state index contributed by atoms with van der Waals surface area (Å²) in [5, 5.41) is 3.83. The maximum atomic E-state index is 8.89. The predicted molar refractivity (Wildman–Crippen MR) is 209 cm³/mol. The maximum absolute atomic E-state index is 8.89. The van der Waals surface area contributed by atoms with E-state index >= 15 is 0 Å². The van der Waals surface area contributed by atoms with Gasteiger partial charge in [-0.05, 0) is 46.6 Å². The van der Waals surface area contributed by atoms with Crippen molar-refractivity contribution in [2.24, 2.45) is 0 Å². The average molecular weight is 896 g/mol. The molecule has 3 aromatic heterocycles. The molecule has 0 aliphatic rings. The molecule has 0 saturated heterocycles. The van der Waals surface area contributed by atoms with Crippen LogP contribution in [0, 0.1) is 19.0 Å². The number of pyridine rings is 2. The minimum atomic E-state index is -2.62. The Hall–Kier alpha value is -4.35. The molecular formula is C45H40GeIrN2O-2. The third-order valence-electron chi connectivity index (χ3n) is 8.61. The van der Waals surface area contributed by atoms with Crippen molar-refractivity contribution in [1.29, 1.82) is 0 Å². The zero-order valence-electron chi connectivity index (χ0n) is 34.6. The zero-order chi connectivity index (χ0) is 39.3. The Morgan fingerprint density at radius 1 is 0.800 bits per heavy atom. The first kappa shape index (κ1) is 28.4. The molecule has 5 heteroatoms. The third-order valence-corrected chi connectivity index (χ3v) is 12.8. The summed E-state index contributed by atoms with van der Waals surface area (Å²) in [5.41, 5.74) is 5.06. The van der Waals surface area contributed by atoms with Gasteiger partial charge in [0.2, 0.25) is 0 Å². The van der Waals surface area contributed by atoms with Crippen LogP contribution < -0.4 is 4.40 Å². The Morgan fingerprint density at radius 3 is 2.24 bits per heavy atom. The van der Waals surface area contributed by atoms with Crippen molar-refractivity contribution in [3.05, 3.63) is 151 Å². The molecule has 0 unspecified atom stereocenters. The molecule has 0 bridgehead atoms. The van der Waals surface area contributed by atoms with E-state index in [0.29, 0.717) is 22.3 Å². The second kappa shape index (κ2) is 14.9. The number of aromatic nitrogens is 2. The van der Waals surface area contributed by atoms with E-state index in [1.807, 2.05) is 86.8 Å². The van der Waals surface area contributed by atoms with Crippen LogP contribution in [-0.4, -0.2) is 23.2 Å². The van der Waals surface area contributed by atoms with Crippen molar-refractivity contribution in [2.75, 3.05) is 0 Å². The number of furan rings is 1. The quantitative estimate of drug-likeness (QED) is 0.128. The molecule has 0 N–H and O–H groups in total. The Morgan fingerprint density at radius 2 is 1.54 bits per heavy atom. The standard InChI is InChI=1S/C28H18NO.C17H22GeN.Ir/c1-18-14-26(29-17-25(18)19-8-3-2-4-9-19)23-13-7-12-22-24-15-20-10-5-6-11-21(20)16-27(24)30-28(22)23;1-13(2)15-11-17(14-9-7-6-8-10-14)19-12-16(15)18(3,4)5;/h2-12,14-17H,1H3;6-9,11-13H,1-5H3;/q2*-1;/i1D3,14D,17D;13D;. The van der Waals surface area contributed by atoms with Gasteiger partial charge >= 0.3 is 120 Å². The fraction of sp³-hybridized carbons (Fsp3) is 0.156. The zero-order valence-corrected chi connectivity index (χ0v) is 33.1. The van der Waals surface area contributed by atoms with E-state index in [9.17, 15) is 0 Å². The molecule has 0 fully saturated rings. The molecule has 0 aliphatic heterocycles. The Labute approximate surface area is 320 Å². The van der Waals surface area contributed by atoms with Crippen LogP contribution in [0.15, 0.2) is 132 Å². The van der Waals surface area contributed by atoms with Crippen LogP contribution >= 0.6 is 0 Å². The van der Waals surface area contributed by atoms with Gasteiger partial charge in [0.25, 0.3) is 0 Å². The first-order valence-corrected chi connectivity index (χ1v) is 23.7. The Bertz CT molecular complexity index is 2690. The van der Waals surface area contributed by atoms with Gasteiger partial charge < -0.3 is 9.40 Å². The van der Waals surface area contributed by atoms with Crippen LogP contribution in [0.5, 0.6) is 0 Å². The van der Waals surface area contributed by atoms with Crippen molar-refractivity contribution in [1.82, 2.24) is 9.97 Å². The molecule has 0 amide bonds. The number of rotatable bonds is 5. The number of benzene rings is 5. The molecule has 0 spiro atoms. The van der Waals surface area contributed by atoms with Gasteiger partial charge in [0.05, 0.1) is 8.32 Å². The third kappa shape index (κ3) is 7.25. The number of hydrogen-bond donors (Lipinski definition) is 0. The normalized spacial score (nSPS) is 13.6. The molecule has 1 radical (unpaired) electrons. The van der Waals surface area contributed by atoms with Crippen molar-refractivity contribution >= 4 is 50.4 Å². The number of hydrogen-bond acceptors (Lipinski definition) is 3. The largest absolute Gasteiger partial charge is 0.501 e. The molecule has 251 valence electrons. The summed E-state index contributed by atoms with van der Waals surface area (Å²) in [6.07, 6.45) is 1.79. The smallest absolute Gasteiger partial charge is 0.121 e. The molecule has 50 heavy (non-hydrogen) atoms. The topological polar surface area (TPSA) is 38.9 Å². The van der Waals surface area contributed by atoms with Crippen LogP contribution in [0.4, 0.5) is 0 Å². The first-order chi connectivity index (χ1) is 26.0. The molecule has 3 heterocycles.